The van der Waals surface area contributed by atoms with Crippen molar-refractivity contribution in [2.45, 2.75) is 19.4 Å². The minimum atomic E-state index is 0.422. The molecule has 104 valence electrons. The van der Waals surface area contributed by atoms with Crippen molar-refractivity contribution in [2.24, 2.45) is 5.73 Å². The minimum absolute atomic E-state index is 0.422. The number of piperazine rings is 1. The smallest absolute Gasteiger partial charge is 0.0742 e. The van der Waals surface area contributed by atoms with E-state index in [0.29, 0.717) is 11.0 Å². The molecule has 5 heteroatoms. The third-order valence-corrected chi connectivity index (χ3v) is 4.11. The van der Waals surface area contributed by atoms with Gasteiger partial charge in [-0.2, -0.15) is 0 Å². The van der Waals surface area contributed by atoms with Crippen molar-refractivity contribution in [3.05, 3.63) is 29.3 Å². The molecule has 1 aliphatic heterocycles. The van der Waals surface area contributed by atoms with Gasteiger partial charge < -0.3 is 10.6 Å². The van der Waals surface area contributed by atoms with Crippen LogP contribution in [0.5, 0.6) is 0 Å². The van der Waals surface area contributed by atoms with Crippen LogP contribution < -0.4 is 10.6 Å². The van der Waals surface area contributed by atoms with E-state index in [4.69, 9.17) is 29.6 Å². The molecule has 0 radical (unpaired) electrons. The van der Waals surface area contributed by atoms with Gasteiger partial charge in [0.1, 0.15) is 0 Å². The predicted molar refractivity (Wildman–Crippen MR) is 86.1 cm³/mol. The van der Waals surface area contributed by atoms with Crippen LogP contribution in [0.15, 0.2) is 24.3 Å². The Balaban J connectivity index is 1.92. The summed E-state index contributed by atoms with van der Waals surface area (Å²) < 4.78 is 0. The summed E-state index contributed by atoms with van der Waals surface area (Å²) in [5.41, 5.74) is 6.75. The van der Waals surface area contributed by atoms with E-state index in [1.165, 1.54) is 0 Å². The van der Waals surface area contributed by atoms with Crippen molar-refractivity contribution in [2.75, 3.05) is 31.1 Å². The normalized spacial score (nSPS) is 18.3. The second kappa shape index (κ2) is 6.55. The lowest BCUT2D eigenvalue weighted by Crippen LogP contribution is -2.50. The maximum atomic E-state index is 6.24. The molecule has 0 aliphatic carbocycles. The van der Waals surface area contributed by atoms with Crippen LogP contribution in [0.25, 0.3) is 0 Å². The van der Waals surface area contributed by atoms with Gasteiger partial charge in [0.25, 0.3) is 0 Å². The van der Waals surface area contributed by atoms with Crippen LogP contribution in [-0.4, -0.2) is 42.1 Å². The van der Waals surface area contributed by atoms with Crippen molar-refractivity contribution >= 4 is 34.5 Å². The van der Waals surface area contributed by atoms with E-state index in [0.717, 1.165) is 43.3 Å². The molecule has 0 amide bonds. The summed E-state index contributed by atoms with van der Waals surface area (Å²) in [5, 5.41) is 0.826. The van der Waals surface area contributed by atoms with Crippen molar-refractivity contribution in [3.8, 4) is 0 Å². The van der Waals surface area contributed by atoms with Crippen LogP contribution in [0.3, 0.4) is 0 Å². The highest BCUT2D eigenvalue weighted by Crippen LogP contribution is 2.26. The van der Waals surface area contributed by atoms with E-state index >= 15 is 0 Å². The van der Waals surface area contributed by atoms with E-state index in [-0.39, 0.29) is 0 Å². The molecule has 1 fully saturated rings. The zero-order valence-corrected chi connectivity index (χ0v) is 12.8. The van der Waals surface area contributed by atoms with Gasteiger partial charge in [0, 0.05) is 38.6 Å². The Hall–Kier alpha value is -0.840. The Morgan fingerprint density at radius 1 is 1.32 bits per heavy atom. The lowest BCUT2D eigenvalue weighted by atomic mass is 10.1. The first-order valence-electron chi connectivity index (χ1n) is 6.60. The summed E-state index contributed by atoms with van der Waals surface area (Å²) in [6, 6.07) is 8.44. The highest BCUT2D eigenvalue weighted by Gasteiger charge is 2.22. The molecule has 1 unspecified atom stereocenters. The van der Waals surface area contributed by atoms with Gasteiger partial charge in [0.15, 0.2) is 0 Å². The summed E-state index contributed by atoms with van der Waals surface area (Å²) in [6.07, 6.45) is 0.793. The number of nitrogens with zero attached hydrogens (tertiary/aromatic N) is 2. The number of benzene rings is 1. The fraction of sp³-hybridized carbons (Fsp3) is 0.500. The number of anilines is 1. The SMILES string of the molecule is CC(CC(N)=S)N1CCN(c2ccccc2Cl)CC1. The van der Waals surface area contributed by atoms with Gasteiger partial charge in [-0.05, 0) is 19.1 Å². The first-order chi connectivity index (χ1) is 9.08. The lowest BCUT2D eigenvalue weighted by Gasteiger charge is -2.39. The van der Waals surface area contributed by atoms with Gasteiger partial charge in [-0.25, -0.2) is 0 Å². The standard InChI is InChI=1S/C14H20ClN3S/c1-11(10-14(16)19)17-6-8-18(9-7-17)13-5-3-2-4-12(13)15/h2-5,11H,6-10H2,1H3,(H2,16,19). The van der Waals surface area contributed by atoms with Gasteiger partial charge in [-0.3, -0.25) is 4.90 Å². The van der Waals surface area contributed by atoms with Gasteiger partial charge in [0.05, 0.1) is 15.7 Å². The van der Waals surface area contributed by atoms with Crippen LogP contribution in [0.2, 0.25) is 5.02 Å². The molecule has 1 saturated heterocycles. The maximum Gasteiger partial charge on any atom is 0.0742 e. The molecule has 1 aromatic carbocycles. The highest BCUT2D eigenvalue weighted by molar-refractivity contribution is 7.80. The summed E-state index contributed by atoms with van der Waals surface area (Å²) >= 11 is 11.2. The molecule has 19 heavy (non-hydrogen) atoms. The fourth-order valence-corrected chi connectivity index (χ4v) is 3.03. The quantitative estimate of drug-likeness (QED) is 0.866. The zero-order chi connectivity index (χ0) is 13.8. The van der Waals surface area contributed by atoms with Crippen LogP contribution in [-0.2, 0) is 0 Å². The van der Waals surface area contributed by atoms with Crippen molar-refractivity contribution in [1.82, 2.24) is 4.90 Å². The Bertz CT molecular complexity index is 444. The lowest BCUT2D eigenvalue weighted by molar-refractivity contribution is 0.201. The second-order valence-electron chi connectivity index (χ2n) is 4.99. The van der Waals surface area contributed by atoms with E-state index < -0.39 is 0 Å². The number of rotatable bonds is 4. The average molecular weight is 298 g/mol. The first kappa shape index (κ1) is 14.6. The zero-order valence-electron chi connectivity index (χ0n) is 11.2. The Morgan fingerprint density at radius 2 is 1.95 bits per heavy atom. The van der Waals surface area contributed by atoms with Gasteiger partial charge in [-0.1, -0.05) is 36.0 Å². The number of thiocarbonyl (C=S) groups is 1. The molecule has 1 aliphatic rings. The molecule has 1 atom stereocenters. The van der Waals surface area contributed by atoms with Crippen LogP contribution >= 0.6 is 23.8 Å². The number of halogens is 1. The van der Waals surface area contributed by atoms with Crippen LogP contribution in [0, 0.1) is 0 Å². The molecule has 1 heterocycles. The van der Waals surface area contributed by atoms with Crippen molar-refractivity contribution in [1.29, 1.82) is 0 Å². The van der Waals surface area contributed by atoms with E-state index in [1.807, 2.05) is 18.2 Å². The van der Waals surface area contributed by atoms with Gasteiger partial charge in [0.2, 0.25) is 0 Å². The molecular formula is C14H20ClN3S. The van der Waals surface area contributed by atoms with E-state index in [9.17, 15) is 0 Å². The van der Waals surface area contributed by atoms with Crippen LogP contribution in [0.1, 0.15) is 13.3 Å². The number of hydrogen-bond acceptors (Lipinski definition) is 3. The fourth-order valence-electron chi connectivity index (χ4n) is 2.53. The molecule has 1 aromatic rings. The Kier molecular flexibility index (Phi) is 5.02. The molecule has 0 saturated carbocycles. The predicted octanol–water partition coefficient (Wildman–Crippen LogP) is 2.53. The number of nitrogens with two attached hydrogens (primary N) is 1. The van der Waals surface area contributed by atoms with Crippen molar-refractivity contribution < 1.29 is 0 Å². The number of para-hydroxylation sites is 1. The third kappa shape index (κ3) is 3.81. The Labute approximate surface area is 125 Å². The molecule has 0 spiro atoms. The van der Waals surface area contributed by atoms with Crippen LogP contribution in [0.4, 0.5) is 5.69 Å². The van der Waals surface area contributed by atoms with Gasteiger partial charge >= 0.3 is 0 Å². The van der Waals surface area contributed by atoms with E-state index in [1.54, 1.807) is 0 Å². The summed E-state index contributed by atoms with van der Waals surface area (Å²) in [4.78, 5) is 5.37. The maximum absolute atomic E-state index is 6.24. The molecule has 2 N–H and O–H groups in total. The largest absolute Gasteiger partial charge is 0.393 e. The highest BCUT2D eigenvalue weighted by atomic mass is 35.5. The second-order valence-corrected chi connectivity index (χ2v) is 5.93. The average Bonchev–Trinajstić information content (AvgIpc) is 2.39. The van der Waals surface area contributed by atoms with Gasteiger partial charge in [-0.15, -0.1) is 0 Å². The summed E-state index contributed by atoms with van der Waals surface area (Å²) in [5.74, 6) is 0. The van der Waals surface area contributed by atoms with E-state index in [2.05, 4.69) is 22.8 Å². The third-order valence-electron chi connectivity index (χ3n) is 3.63. The topological polar surface area (TPSA) is 32.5 Å². The summed E-state index contributed by atoms with van der Waals surface area (Å²) in [6.45, 7) is 6.21. The van der Waals surface area contributed by atoms with Crippen molar-refractivity contribution in [3.63, 3.8) is 0 Å². The Morgan fingerprint density at radius 3 is 2.53 bits per heavy atom. The monoisotopic (exact) mass is 297 g/mol. The molecule has 0 bridgehead atoms. The number of hydrogen-bond donors (Lipinski definition) is 1. The molecule has 3 nitrogen and oxygen atoms in total. The molecule has 2 rings (SSSR count). The molecular weight excluding hydrogens is 278 g/mol. The first-order valence-corrected chi connectivity index (χ1v) is 7.38. The minimum Gasteiger partial charge on any atom is -0.393 e. The molecule has 0 aromatic heterocycles. The summed E-state index contributed by atoms with van der Waals surface area (Å²) in [7, 11) is 0.